The molecule has 8 aromatic carbocycles. The number of hydrogen-bond donors (Lipinski definition) is 0. The van der Waals surface area contributed by atoms with E-state index in [2.05, 4.69) is 128 Å². The highest BCUT2D eigenvalue weighted by Gasteiger charge is 2.38. The number of fused-ring (bicyclic) bond motifs is 9. The maximum atomic E-state index is 6.52. The predicted molar refractivity (Wildman–Crippen MR) is 241 cm³/mol. The van der Waals surface area contributed by atoms with Crippen LogP contribution in [0.15, 0.2) is 186 Å². The van der Waals surface area contributed by atoms with Gasteiger partial charge in [-0.05, 0) is 75.8 Å². The van der Waals surface area contributed by atoms with Crippen molar-refractivity contribution in [2.24, 2.45) is 0 Å². The molecule has 0 spiro atoms. The number of nitrogens with zero attached hydrogens (tertiary/aromatic N) is 4. The maximum absolute atomic E-state index is 6.52. The zero-order valence-electron chi connectivity index (χ0n) is 32.5. The van der Waals surface area contributed by atoms with Gasteiger partial charge in [0.15, 0.2) is 17.5 Å². The Morgan fingerprint density at radius 2 is 1.02 bits per heavy atom. The smallest absolute Gasteiger partial charge is 0.164 e. The highest BCUT2D eigenvalue weighted by atomic mass is 16.3. The van der Waals surface area contributed by atoms with Gasteiger partial charge in [-0.25, -0.2) is 15.0 Å². The van der Waals surface area contributed by atoms with Crippen LogP contribution in [0, 0.1) is 0 Å². The van der Waals surface area contributed by atoms with Crippen molar-refractivity contribution in [3.8, 4) is 62.1 Å². The first-order valence-electron chi connectivity index (χ1n) is 20.1. The molecule has 0 atom stereocenters. The SMILES string of the molecule is CC1(C)c2ccccc2-c2cccc(-n3c4ccccc4c4cc(-c5ccc6oc7cccc(-c8nc(-c9ccccc9)nc(-c9ccccc9)n8)c7c6c5)ccc43)c21. The molecule has 278 valence electrons. The highest BCUT2D eigenvalue weighted by Crippen LogP contribution is 2.52. The summed E-state index contributed by atoms with van der Waals surface area (Å²) in [5.74, 6) is 1.85. The average Bonchev–Trinajstić information content (AvgIpc) is 3.92. The lowest BCUT2D eigenvalue weighted by Gasteiger charge is -2.25. The van der Waals surface area contributed by atoms with E-state index in [1.54, 1.807) is 0 Å². The molecule has 0 aliphatic heterocycles. The molecule has 0 saturated carbocycles. The van der Waals surface area contributed by atoms with Gasteiger partial charge in [-0.1, -0.05) is 153 Å². The van der Waals surface area contributed by atoms with E-state index < -0.39 is 0 Å². The van der Waals surface area contributed by atoms with Crippen molar-refractivity contribution < 1.29 is 4.42 Å². The number of para-hydroxylation sites is 1. The van der Waals surface area contributed by atoms with Crippen LogP contribution in [0.1, 0.15) is 25.0 Å². The van der Waals surface area contributed by atoms with Gasteiger partial charge in [-0.15, -0.1) is 0 Å². The summed E-state index contributed by atoms with van der Waals surface area (Å²) in [5.41, 5.74) is 15.5. The summed E-state index contributed by atoms with van der Waals surface area (Å²) in [6, 6.07) is 64.2. The van der Waals surface area contributed by atoms with Gasteiger partial charge in [0, 0.05) is 43.7 Å². The van der Waals surface area contributed by atoms with Crippen molar-refractivity contribution in [3.05, 3.63) is 193 Å². The third-order valence-corrected chi connectivity index (χ3v) is 12.2. The van der Waals surface area contributed by atoms with Crippen molar-refractivity contribution in [3.63, 3.8) is 0 Å². The summed E-state index contributed by atoms with van der Waals surface area (Å²) in [5, 5.41) is 4.44. The van der Waals surface area contributed by atoms with E-state index in [9.17, 15) is 0 Å². The molecule has 0 bridgehead atoms. The van der Waals surface area contributed by atoms with Crippen LogP contribution in [0.2, 0.25) is 0 Å². The fraction of sp³-hybridized carbons (Fsp3) is 0.0556. The van der Waals surface area contributed by atoms with E-state index in [0.29, 0.717) is 17.5 Å². The Balaban J connectivity index is 1.03. The standard InChI is InChI=1S/C54H36N4O/c1-54(2)43-23-11-9-19-37(43)39-21-13-25-46(50(39)54)58-44-24-12-10-20-38(44)41-31-35(27-29-45(41)58)36-28-30-47-42(32-36)49-40(22-14-26-48(49)59-47)53-56-51(33-15-5-3-6-16-33)55-52(57-53)34-17-7-4-8-18-34/h3-32H,1-2H3. The van der Waals surface area contributed by atoms with Crippen molar-refractivity contribution in [1.29, 1.82) is 0 Å². The van der Waals surface area contributed by atoms with Gasteiger partial charge >= 0.3 is 0 Å². The Labute approximate surface area is 340 Å². The lowest BCUT2D eigenvalue weighted by Crippen LogP contribution is -2.17. The Morgan fingerprint density at radius 3 is 1.80 bits per heavy atom. The summed E-state index contributed by atoms with van der Waals surface area (Å²) in [6.07, 6.45) is 0. The van der Waals surface area contributed by atoms with Crippen molar-refractivity contribution >= 4 is 43.7 Å². The molecule has 0 fully saturated rings. The van der Waals surface area contributed by atoms with E-state index in [4.69, 9.17) is 19.4 Å². The molecule has 59 heavy (non-hydrogen) atoms. The van der Waals surface area contributed by atoms with E-state index in [1.807, 2.05) is 72.8 Å². The fourth-order valence-electron chi connectivity index (χ4n) is 9.54. The molecular weight excluding hydrogens is 721 g/mol. The molecule has 0 radical (unpaired) electrons. The molecule has 1 aliphatic rings. The Morgan fingerprint density at radius 1 is 0.424 bits per heavy atom. The second-order valence-corrected chi connectivity index (χ2v) is 16.0. The number of aromatic nitrogens is 4. The molecule has 5 heteroatoms. The number of furan rings is 1. The van der Waals surface area contributed by atoms with Crippen LogP contribution in [0.25, 0.3) is 106 Å². The molecular formula is C54H36N4O. The van der Waals surface area contributed by atoms with Crippen LogP contribution in [0.3, 0.4) is 0 Å². The van der Waals surface area contributed by atoms with Crippen molar-refractivity contribution in [1.82, 2.24) is 19.5 Å². The lowest BCUT2D eigenvalue weighted by molar-refractivity contribution is 0.656. The normalized spacial score (nSPS) is 13.1. The first-order chi connectivity index (χ1) is 29.0. The first-order valence-corrected chi connectivity index (χ1v) is 20.1. The minimum atomic E-state index is -0.144. The third kappa shape index (κ3) is 5.08. The minimum absolute atomic E-state index is 0.144. The topological polar surface area (TPSA) is 56.7 Å². The first kappa shape index (κ1) is 33.5. The van der Waals surface area contributed by atoms with E-state index >= 15 is 0 Å². The predicted octanol–water partition coefficient (Wildman–Crippen LogP) is 13.8. The fourth-order valence-corrected chi connectivity index (χ4v) is 9.54. The Kier molecular flexibility index (Phi) is 7.20. The quantitative estimate of drug-likeness (QED) is 0.175. The van der Waals surface area contributed by atoms with Crippen molar-refractivity contribution in [2.75, 3.05) is 0 Å². The molecule has 0 saturated heterocycles. The molecule has 0 amide bonds. The summed E-state index contributed by atoms with van der Waals surface area (Å²) in [4.78, 5) is 15.1. The number of rotatable bonds is 5. The molecule has 3 heterocycles. The van der Waals surface area contributed by atoms with Crippen LogP contribution in [-0.2, 0) is 5.41 Å². The summed E-state index contributed by atoms with van der Waals surface area (Å²) >= 11 is 0. The number of hydrogen-bond acceptors (Lipinski definition) is 4. The third-order valence-electron chi connectivity index (χ3n) is 12.2. The zero-order chi connectivity index (χ0) is 39.2. The van der Waals surface area contributed by atoms with Gasteiger partial charge in [0.2, 0.25) is 0 Å². The Bertz CT molecular complexity index is 3410. The highest BCUT2D eigenvalue weighted by molar-refractivity contribution is 6.14. The molecule has 12 rings (SSSR count). The Hall–Kier alpha value is -7.63. The van der Waals surface area contributed by atoms with E-state index in [-0.39, 0.29) is 5.41 Å². The van der Waals surface area contributed by atoms with Crippen LogP contribution in [0.4, 0.5) is 0 Å². The summed E-state index contributed by atoms with van der Waals surface area (Å²) in [6.45, 7) is 4.72. The van der Waals surface area contributed by atoms with Crippen LogP contribution in [0.5, 0.6) is 0 Å². The minimum Gasteiger partial charge on any atom is -0.456 e. The van der Waals surface area contributed by atoms with Crippen LogP contribution < -0.4 is 0 Å². The van der Waals surface area contributed by atoms with Gasteiger partial charge in [0.25, 0.3) is 0 Å². The van der Waals surface area contributed by atoms with Crippen LogP contribution in [-0.4, -0.2) is 19.5 Å². The lowest BCUT2D eigenvalue weighted by atomic mass is 9.81. The molecule has 11 aromatic rings. The summed E-state index contributed by atoms with van der Waals surface area (Å²) < 4.78 is 8.99. The molecule has 0 unspecified atom stereocenters. The van der Waals surface area contributed by atoms with Gasteiger partial charge < -0.3 is 8.98 Å². The molecule has 0 N–H and O–H groups in total. The summed E-state index contributed by atoms with van der Waals surface area (Å²) in [7, 11) is 0. The molecule has 5 nitrogen and oxygen atoms in total. The second-order valence-electron chi connectivity index (χ2n) is 16.0. The van der Waals surface area contributed by atoms with E-state index in [0.717, 1.165) is 49.8 Å². The maximum Gasteiger partial charge on any atom is 0.164 e. The molecule has 1 aliphatic carbocycles. The van der Waals surface area contributed by atoms with Crippen molar-refractivity contribution in [2.45, 2.75) is 19.3 Å². The average molecular weight is 757 g/mol. The second kappa shape index (κ2) is 12.7. The van der Waals surface area contributed by atoms with Gasteiger partial charge in [0.1, 0.15) is 11.2 Å². The van der Waals surface area contributed by atoms with Crippen LogP contribution >= 0.6 is 0 Å². The number of benzene rings is 8. The van der Waals surface area contributed by atoms with Gasteiger partial charge in [-0.2, -0.15) is 0 Å². The van der Waals surface area contributed by atoms with Gasteiger partial charge in [0.05, 0.1) is 16.7 Å². The van der Waals surface area contributed by atoms with E-state index in [1.165, 1.54) is 49.7 Å². The largest absolute Gasteiger partial charge is 0.456 e. The monoisotopic (exact) mass is 756 g/mol. The zero-order valence-corrected chi connectivity index (χ0v) is 32.5. The molecule has 3 aromatic heterocycles. The van der Waals surface area contributed by atoms with Gasteiger partial charge in [-0.3, -0.25) is 0 Å².